The Hall–Kier alpha value is -1.62. The number of aromatic nitrogens is 4. The van der Waals surface area contributed by atoms with Crippen LogP contribution >= 0.6 is 0 Å². The van der Waals surface area contributed by atoms with Crippen molar-refractivity contribution in [2.45, 2.75) is 12.5 Å². The maximum Gasteiger partial charge on any atom is 0.0951 e. The molecule has 2 aromatic rings. The average Bonchev–Trinajstić information content (AvgIpc) is 2.75. The molecule has 84 valence electrons. The zero-order valence-electron chi connectivity index (χ0n) is 9.30. The Morgan fingerprint density at radius 2 is 2.31 bits per heavy atom. The molecule has 5 heteroatoms. The van der Waals surface area contributed by atoms with Crippen LogP contribution in [0.4, 0.5) is 0 Å². The first-order chi connectivity index (χ1) is 7.83. The predicted octanol–water partition coefficient (Wildman–Crippen LogP) is 0.352. The fourth-order valence-corrected chi connectivity index (χ4v) is 2.05. The van der Waals surface area contributed by atoms with Crippen molar-refractivity contribution in [3.8, 4) is 0 Å². The molecule has 5 nitrogen and oxygen atoms in total. The van der Waals surface area contributed by atoms with E-state index in [1.54, 1.807) is 0 Å². The molecular weight excluding hydrogens is 202 g/mol. The molecule has 0 aromatic carbocycles. The second-order valence-corrected chi connectivity index (χ2v) is 4.32. The van der Waals surface area contributed by atoms with Crippen molar-refractivity contribution < 1.29 is 0 Å². The Morgan fingerprint density at radius 3 is 2.94 bits per heavy atom. The van der Waals surface area contributed by atoms with Crippen molar-refractivity contribution >= 4 is 0 Å². The number of hydrogen-bond donors (Lipinski definition) is 1. The molecule has 2 aromatic heterocycles. The van der Waals surface area contributed by atoms with E-state index in [2.05, 4.69) is 20.0 Å². The van der Waals surface area contributed by atoms with E-state index in [0.717, 1.165) is 19.6 Å². The van der Waals surface area contributed by atoms with E-state index in [0.29, 0.717) is 5.92 Å². The molecule has 1 N–H and O–H groups in total. The first kappa shape index (κ1) is 9.59. The predicted molar refractivity (Wildman–Crippen MR) is 60.1 cm³/mol. The molecule has 3 rings (SSSR count). The van der Waals surface area contributed by atoms with E-state index in [1.807, 2.05) is 36.6 Å². The van der Waals surface area contributed by atoms with Gasteiger partial charge in [-0.05, 0) is 0 Å². The van der Waals surface area contributed by atoms with Gasteiger partial charge in [0.25, 0.3) is 0 Å². The normalized spacial score (nSPS) is 16.3. The fraction of sp³-hybridized carbons (Fsp3) is 0.455. The van der Waals surface area contributed by atoms with Gasteiger partial charge in [-0.15, -0.1) is 0 Å². The Morgan fingerprint density at radius 1 is 1.44 bits per heavy atom. The third-order valence-electron chi connectivity index (χ3n) is 3.06. The van der Waals surface area contributed by atoms with Crippen molar-refractivity contribution in [3.63, 3.8) is 0 Å². The Bertz CT molecular complexity index is 480. The van der Waals surface area contributed by atoms with E-state index >= 15 is 0 Å². The molecule has 0 unspecified atom stereocenters. The summed E-state index contributed by atoms with van der Waals surface area (Å²) in [5, 5.41) is 7.46. The lowest BCUT2D eigenvalue weighted by molar-refractivity contribution is 0.427. The van der Waals surface area contributed by atoms with Crippen LogP contribution in [0.5, 0.6) is 0 Å². The summed E-state index contributed by atoms with van der Waals surface area (Å²) < 4.78 is 4.04. The van der Waals surface area contributed by atoms with Crippen LogP contribution in [-0.2, 0) is 13.6 Å². The smallest absolute Gasteiger partial charge is 0.0951 e. The van der Waals surface area contributed by atoms with Gasteiger partial charge in [0.1, 0.15) is 0 Å². The number of hydrogen-bond acceptors (Lipinski definition) is 3. The van der Waals surface area contributed by atoms with Crippen molar-refractivity contribution in [1.29, 1.82) is 0 Å². The SMILES string of the molecule is Cn1cc(Cn2cncc2C2CNC2)cn1. The zero-order chi connectivity index (χ0) is 11.0. The number of imidazole rings is 1. The van der Waals surface area contributed by atoms with Gasteiger partial charge >= 0.3 is 0 Å². The van der Waals surface area contributed by atoms with E-state index in [-0.39, 0.29) is 0 Å². The molecule has 0 spiro atoms. The highest BCUT2D eigenvalue weighted by molar-refractivity contribution is 5.14. The van der Waals surface area contributed by atoms with Gasteiger partial charge in [-0.25, -0.2) is 4.98 Å². The van der Waals surface area contributed by atoms with E-state index in [9.17, 15) is 0 Å². The maximum atomic E-state index is 4.24. The lowest BCUT2D eigenvalue weighted by Crippen LogP contribution is -2.40. The second kappa shape index (κ2) is 3.75. The highest BCUT2D eigenvalue weighted by atomic mass is 15.2. The summed E-state index contributed by atoms with van der Waals surface area (Å²) in [6.45, 7) is 3.00. The highest BCUT2D eigenvalue weighted by Crippen LogP contribution is 2.19. The van der Waals surface area contributed by atoms with Crippen LogP contribution in [0.1, 0.15) is 17.2 Å². The van der Waals surface area contributed by atoms with Gasteiger partial charge in [-0.3, -0.25) is 4.68 Å². The van der Waals surface area contributed by atoms with E-state index in [1.165, 1.54) is 11.3 Å². The minimum Gasteiger partial charge on any atom is -0.330 e. The third kappa shape index (κ3) is 1.63. The van der Waals surface area contributed by atoms with Gasteiger partial charge in [0, 0.05) is 49.7 Å². The summed E-state index contributed by atoms with van der Waals surface area (Å²) >= 11 is 0. The molecule has 0 aliphatic carbocycles. The van der Waals surface area contributed by atoms with Gasteiger partial charge in [0.2, 0.25) is 0 Å². The Balaban J connectivity index is 1.81. The Labute approximate surface area is 94.1 Å². The topological polar surface area (TPSA) is 47.7 Å². The van der Waals surface area contributed by atoms with Crippen LogP contribution in [-0.4, -0.2) is 32.4 Å². The van der Waals surface area contributed by atoms with Crippen LogP contribution in [0.2, 0.25) is 0 Å². The van der Waals surface area contributed by atoms with Gasteiger partial charge < -0.3 is 9.88 Å². The summed E-state index contributed by atoms with van der Waals surface area (Å²) in [6, 6.07) is 0. The maximum absolute atomic E-state index is 4.24. The molecule has 16 heavy (non-hydrogen) atoms. The third-order valence-corrected chi connectivity index (χ3v) is 3.06. The number of aryl methyl sites for hydroxylation is 1. The highest BCUT2D eigenvalue weighted by Gasteiger charge is 2.22. The Kier molecular flexibility index (Phi) is 2.25. The molecule has 1 aliphatic rings. The first-order valence-electron chi connectivity index (χ1n) is 5.51. The lowest BCUT2D eigenvalue weighted by atomic mass is 10.00. The molecule has 0 radical (unpaired) electrons. The van der Waals surface area contributed by atoms with Crippen LogP contribution < -0.4 is 5.32 Å². The molecule has 0 bridgehead atoms. The van der Waals surface area contributed by atoms with Gasteiger partial charge in [-0.2, -0.15) is 5.10 Å². The van der Waals surface area contributed by atoms with Crippen molar-refractivity contribution in [2.24, 2.45) is 7.05 Å². The number of rotatable bonds is 3. The molecular formula is C11H15N5. The van der Waals surface area contributed by atoms with Gasteiger partial charge in [0.05, 0.1) is 19.1 Å². The quantitative estimate of drug-likeness (QED) is 0.807. The van der Waals surface area contributed by atoms with Crippen molar-refractivity contribution in [3.05, 3.63) is 36.2 Å². The van der Waals surface area contributed by atoms with Crippen molar-refractivity contribution in [2.75, 3.05) is 13.1 Å². The average molecular weight is 217 g/mol. The van der Waals surface area contributed by atoms with E-state index < -0.39 is 0 Å². The lowest BCUT2D eigenvalue weighted by Gasteiger charge is -2.27. The molecule has 0 atom stereocenters. The van der Waals surface area contributed by atoms with Crippen LogP contribution in [0.3, 0.4) is 0 Å². The molecule has 1 aliphatic heterocycles. The molecule has 1 fully saturated rings. The minimum absolute atomic E-state index is 0.624. The summed E-state index contributed by atoms with van der Waals surface area (Å²) in [4.78, 5) is 4.24. The van der Waals surface area contributed by atoms with Crippen LogP contribution in [0.25, 0.3) is 0 Å². The molecule has 3 heterocycles. The fourth-order valence-electron chi connectivity index (χ4n) is 2.05. The first-order valence-corrected chi connectivity index (χ1v) is 5.51. The van der Waals surface area contributed by atoms with Crippen LogP contribution in [0, 0.1) is 0 Å². The number of nitrogens with one attached hydrogen (secondary N) is 1. The van der Waals surface area contributed by atoms with Crippen LogP contribution in [0.15, 0.2) is 24.9 Å². The van der Waals surface area contributed by atoms with Gasteiger partial charge in [-0.1, -0.05) is 0 Å². The summed E-state index contributed by atoms with van der Waals surface area (Å²) in [7, 11) is 1.94. The second-order valence-electron chi connectivity index (χ2n) is 4.32. The molecule has 0 saturated carbocycles. The summed E-state index contributed by atoms with van der Waals surface area (Å²) in [6.07, 6.45) is 7.83. The standard InChI is InChI=1S/C11H15N5/c1-15-6-9(2-14-15)7-16-8-13-5-11(16)10-3-12-4-10/h2,5-6,8,10,12H,3-4,7H2,1H3. The summed E-state index contributed by atoms with van der Waals surface area (Å²) in [5.41, 5.74) is 2.54. The molecule has 1 saturated heterocycles. The number of nitrogens with zero attached hydrogens (tertiary/aromatic N) is 4. The van der Waals surface area contributed by atoms with E-state index in [4.69, 9.17) is 0 Å². The van der Waals surface area contributed by atoms with Crippen molar-refractivity contribution in [1.82, 2.24) is 24.6 Å². The minimum atomic E-state index is 0.624. The molecule has 0 amide bonds. The summed E-state index contributed by atoms with van der Waals surface area (Å²) in [5.74, 6) is 0.624. The zero-order valence-corrected chi connectivity index (χ0v) is 9.30. The largest absolute Gasteiger partial charge is 0.330 e. The van der Waals surface area contributed by atoms with Gasteiger partial charge in [0.15, 0.2) is 0 Å². The monoisotopic (exact) mass is 217 g/mol.